The third-order valence-corrected chi connectivity index (χ3v) is 3.58. The molecule has 2 unspecified atom stereocenters. The Balaban J connectivity index is 2.07. The second kappa shape index (κ2) is 5.82. The van der Waals surface area contributed by atoms with Gasteiger partial charge in [-0.1, -0.05) is 12.8 Å². The summed E-state index contributed by atoms with van der Waals surface area (Å²) in [6.07, 6.45) is 4.66. The van der Waals surface area contributed by atoms with Gasteiger partial charge in [-0.05, 0) is 31.9 Å². The molecule has 1 aromatic rings. The number of aryl methyl sites for hydroxylation is 1. The predicted octanol–water partition coefficient (Wildman–Crippen LogP) is 2.22. The molecule has 1 aromatic heterocycles. The molecule has 102 valence electrons. The van der Waals surface area contributed by atoms with Gasteiger partial charge in [0.1, 0.15) is 0 Å². The number of hydrogen-bond donors (Lipinski definition) is 2. The molecular formula is C14H18N2O3. The summed E-state index contributed by atoms with van der Waals surface area (Å²) in [6, 6.07) is 3.49. The van der Waals surface area contributed by atoms with Gasteiger partial charge < -0.3 is 10.4 Å². The largest absolute Gasteiger partial charge is 0.481 e. The zero-order valence-electron chi connectivity index (χ0n) is 10.9. The minimum absolute atomic E-state index is 0.197. The van der Waals surface area contributed by atoms with Crippen LogP contribution in [0.3, 0.4) is 0 Å². The minimum atomic E-state index is -0.870. The Bertz CT molecular complexity index is 487. The number of pyridine rings is 1. The number of rotatable bonds is 3. The van der Waals surface area contributed by atoms with Crippen molar-refractivity contribution in [3.8, 4) is 0 Å². The van der Waals surface area contributed by atoms with Crippen molar-refractivity contribution < 1.29 is 14.7 Å². The van der Waals surface area contributed by atoms with Crippen LogP contribution >= 0.6 is 0 Å². The lowest BCUT2D eigenvalue weighted by Gasteiger charge is -2.27. The highest BCUT2D eigenvalue weighted by Crippen LogP contribution is 2.31. The molecule has 19 heavy (non-hydrogen) atoms. The van der Waals surface area contributed by atoms with Crippen molar-refractivity contribution in [1.29, 1.82) is 0 Å². The van der Waals surface area contributed by atoms with Crippen molar-refractivity contribution in [2.75, 3.05) is 5.32 Å². The van der Waals surface area contributed by atoms with E-state index in [1.54, 1.807) is 18.3 Å². The van der Waals surface area contributed by atoms with Crippen molar-refractivity contribution in [3.05, 3.63) is 24.0 Å². The molecule has 5 nitrogen and oxygen atoms in total. The van der Waals surface area contributed by atoms with Gasteiger partial charge in [0, 0.05) is 17.6 Å². The maximum atomic E-state index is 12.2. The second-order valence-electron chi connectivity index (χ2n) is 5.01. The normalized spacial score (nSPS) is 22.8. The average molecular weight is 262 g/mol. The summed E-state index contributed by atoms with van der Waals surface area (Å²) in [6.45, 7) is 1.84. The maximum Gasteiger partial charge on any atom is 0.307 e. The van der Waals surface area contributed by atoms with Gasteiger partial charge in [-0.15, -0.1) is 0 Å². The number of hydrogen-bond acceptors (Lipinski definition) is 3. The molecule has 0 spiro atoms. The fourth-order valence-electron chi connectivity index (χ4n) is 2.60. The van der Waals surface area contributed by atoms with Crippen LogP contribution < -0.4 is 5.32 Å². The summed E-state index contributed by atoms with van der Waals surface area (Å²) in [7, 11) is 0. The van der Waals surface area contributed by atoms with E-state index in [1.807, 2.05) is 6.92 Å². The van der Waals surface area contributed by atoms with Crippen LogP contribution in [0.25, 0.3) is 0 Å². The van der Waals surface area contributed by atoms with Gasteiger partial charge in [0.2, 0.25) is 5.91 Å². The average Bonchev–Trinajstić information content (AvgIpc) is 2.38. The molecule has 1 saturated carbocycles. The first-order valence-corrected chi connectivity index (χ1v) is 6.54. The van der Waals surface area contributed by atoms with Crippen molar-refractivity contribution in [1.82, 2.24) is 4.98 Å². The first-order valence-electron chi connectivity index (χ1n) is 6.54. The first-order chi connectivity index (χ1) is 9.08. The second-order valence-corrected chi connectivity index (χ2v) is 5.01. The zero-order valence-corrected chi connectivity index (χ0v) is 10.9. The highest BCUT2D eigenvalue weighted by Gasteiger charge is 2.35. The van der Waals surface area contributed by atoms with E-state index in [-0.39, 0.29) is 5.91 Å². The number of nitrogens with zero attached hydrogens (tertiary/aromatic N) is 1. The molecule has 0 aliphatic heterocycles. The molecule has 5 heteroatoms. The van der Waals surface area contributed by atoms with E-state index in [0.717, 1.165) is 18.5 Å². The molecule has 1 aliphatic rings. The molecular weight excluding hydrogens is 244 g/mol. The summed E-state index contributed by atoms with van der Waals surface area (Å²) in [5.41, 5.74) is 1.49. The lowest BCUT2D eigenvalue weighted by molar-refractivity contribution is -0.147. The maximum absolute atomic E-state index is 12.2. The van der Waals surface area contributed by atoms with E-state index in [0.29, 0.717) is 18.5 Å². The Morgan fingerprint density at radius 2 is 2.00 bits per heavy atom. The Labute approximate surface area is 112 Å². The Morgan fingerprint density at radius 1 is 1.32 bits per heavy atom. The summed E-state index contributed by atoms with van der Waals surface area (Å²) in [4.78, 5) is 27.4. The van der Waals surface area contributed by atoms with E-state index in [2.05, 4.69) is 10.3 Å². The first kappa shape index (κ1) is 13.5. The Morgan fingerprint density at radius 3 is 2.63 bits per heavy atom. The summed E-state index contributed by atoms with van der Waals surface area (Å²) in [5.74, 6) is -2.06. The van der Waals surface area contributed by atoms with Crippen LogP contribution in [0.2, 0.25) is 0 Å². The molecule has 0 radical (unpaired) electrons. The third kappa shape index (κ3) is 3.30. The third-order valence-electron chi connectivity index (χ3n) is 3.58. The molecule has 1 fully saturated rings. The molecule has 1 amide bonds. The fourth-order valence-corrected chi connectivity index (χ4v) is 2.60. The summed E-state index contributed by atoms with van der Waals surface area (Å²) < 4.78 is 0. The quantitative estimate of drug-likeness (QED) is 0.875. The van der Waals surface area contributed by atoms with E-state index >= 15 is 0 Å². The van der Waals surface area contributed by atoms with Crippen LogP contribution in [-0.4, -0.2) is 22.0 Å². The molecule has 0 aromatic carbocycles. The molecule has 0 saturated heterocycles. The van der Waals surface area contributed by atoms with Gasteiger partial charge in [0.05, 0.1) is 11.8 Å². The smallest absolute Gasteiger partial charge is 0.307 e. The highest BCUT2D eigenvalue weighted by molar-refractivity contribution is 5.95. The van der Waals surface area contributed by atoms with Gasteiger partial charge >= 0.3 is 5.97 Å². The fraction of sp³-hybridized carbons (Fsp3) is 0.500. The standard InChI is InChI=1S/C14H18N2O3/c1-9-8-10(6-7-15-9)16-13(17)11-4-2-3-5-12(11)14(18)19/h6-8,11-12H,2-5H2,1H3,(H,18,19)(H,15,16,17). The van der Waals surface area contributed by atoms with Gasteiger partial charge in [-0.3, -0.25) is 14.6 Å². The topological polar surface area (TPSA) is 79.3 Å². The van der Waals surface area contributed by atoms with Gasteiger partial charge in [-0.25, -0.2) is 0 Å². The van der Waals surface area contributed by atoms with Crippen molar-refractivity contribution >= 4 is 17.6 Å². The molecule has 2 N–H and O–H groups in total. The molecule has 0 bridgehead atoms. The van der Waals surface area contributed by atoms with E-state index < -0.39 is 17.8 Å². The lowest BCUT2D eigenvalue weighted by Crippen LogP contribution is -2.36. The van der Waals surface area contributed by atoms with Crippen molar-refractivity contribution in [3.63, 3.8) is 0 Å². The van der Waals surface area contributed by atoms with Crippen LogP contribution in [0.5, 0.6) is 0 Å². The number of carboxylic acid groups (broad SMARTS) is 1. The van der Waals surface area contributed by atoms with Crippen LogP contribution in [0.15, 0.2) is 18.3 Å². The van der Waals surface area contributed by atoms with Gasteiger partial charge in [0.25, 0.3) is 0 Å². The van der Waals surface area contributed by atoms with E-state index in [1.165, 1.54) is 0 Å². The number of carboxylic acids is 1. The predicted molar refractivity (Wildman–Crippen MR) is 70.7 cm³/mol. The lowest BCUT2D eigenvalue weighted by atomic mass is 9.78. The number of aromatic nitrogens is 1. The van der Waals surface area contributed by atoms with E-state index in [9.17, 15) is 14.7 Å². The number of carbonyl (C=O) groups excluding carboxylic acids is 1. The Kier molecular flexibility index (Phi) is 4.14. The number of nitrogens with one attached hydrogen (secondary N) is 1. The van der Waals surface area contributed by atoms with E-state index in [4.69, 9.17) is 0 Å². The highest BCUT2D eigenvalue weighted by atomic mass is 16.4. The number of aliphatic carboxylic acids is 1. The van der Waals surface area contributed by atoms with Crippen LogP contribution in [0.1, 0.15) is 31.4 Å². The molecule has 1 aliphatic carbocycles. The monoisotopic (exact) mass is 262 g/mol. The van der Waals surface area contributed by atoms with Crippen LogP contribution in [0.4, 0.5) is 5.69 Å². The van der Waals surface area contributed by atoms with Crippen LogP contribution in [-0.2, 0) is 9.59 Å². The Hall–Kier alpha value is -1.91. The molecule has 1 heterocycles. The molecule has 2 atom stereocenters. The van der Waals surface area contributed by atoms with Gasteiger partial charge in [-0.2, -0.15) is 0 Å². The van der Waals surface area contributed by atoms with Gasteiger partial charge in [0.15, 0.2) is 0 Å². The summed E-state index contributed by atoms with van der Waals surface area (Å²) in [5, 5.41) is 12.0. The van der Waals surface area contributed by atoms with Crippen molar-refractivity contribution in [2.24, 2.45) is 11.8 Å². The number of amides is 1. The number of carbonyl (C=O) groups is 2. The SMILES string of the molecule is Cc1cc(NC(=O)C2CCCCC2C(=O)O)ccn1. The summed E-state index contributed by atoms with van der Waals surface area (Å²) >= 11 is 0. The minimum Gasteiger partial charge on any atom is -0.481 e. The molecule has 2 rings (SSSR count). The number of anilines is 1. The van der Waals surface area contributed by atoms with Crippen LogP contribution in [0, 0.1) is 18.8 Å². The zero-order chi connectivity index (χ0) is 13.8. The van der Waals surface area contributed by atoms with Crippen molar-refractivity contribution in [2.45, 2.75) is 32.6 Å².